The van der Waals surface area contributed by atoms with Crippen molar-refractivity contribution in [3.63, 3.8) is 0 Å². The average Bonchev–Trinajstić information content (AvgIpc) is 3.10. The zero-order chi connectivity index (χ0) is 23.5. The number of hydrogen-bond donors (Lipinski definition) is 1. The van der Waals surface area contributed by atoms with Crippen molar-refractivity contribution in [2.75, 3.05) is 12.0 Å². The van der Waals surface area contributed by atoms with Crippen LogP contribution < -0.4 is 15.8 Å². The quantitative estimate of drug-likeness (QED) is 0.337. The fourth-order valence-electron chi connectivity index (χ4n) is 3.79. The Hall–Kier alpha value is -4.13. The van der Waals surface area contributed by atoms with Gasteiger partial charge in [0.15, 0.2) is 6.61 Å². The van der Waals surface area contributed by atoms with Crippen LogP contribution in [0.2, 0.25) is 0 Å². The Morgan fingerprint density at radius 2 is 1.79 bits per heavy atom. The highest BCUT2D eigenvalue weighted by atomic mass is 16.5. The van der Waals surface area contributed by atoms with Gasteiger partial charge in [-0.05, 0) is 56.2 Å². The third-order valence-electron chi connectivity index (χ3n) is 5.53. The highest BCUT2D eigenvalue weighted by Crippen LogP contribution is 2.23. The lowest BCUT2D eigenvalue weighted by Gasteiger charge is -2.12. The number of rotatable bonds is 7. The zero-order valence-corrected chi connectivity index (χ0v) is 18.7. The first-order valence-corrected chi connectivity index (χ1v) is 10.7. The number of ether oxygens (including phenoxy) is 1. The van der Waals surface area contributed by atoms with Crippen molar-refractivity contribution in [1.29, 1.82) is 0 Å². The van der Waals surface area contributed by atoms with Crippen molar-refractivity contribution in [1.82, 2.24) is 4.68 Å². The molecular weight excluding hydrogens is 420 g/mol. The van der Waals surface area contributed by atoms with Crippen molar-refractivity contribution in [2.24, 2.45) is 0 Å². The normalized spacial score (nSPS) is 10.9. The van der Waals surface area contributed by atoms with Crippen LogP contribution in [0.15, 0.2) is 69.9 Å². The Morgan fingerprint density at radius 3 is 2.52 bits per heavy atom. The number of carbonyl (C=O) groups excluding carboxylic acids is 2. The number of ketones is 1. The minimum Gasteiger partial charge on any atom is -0.485 e. The molecule has 0 aliphatic heterocycles. The molecule has 0 atom stereocenters. The van der Waals surface area contributed by atoms with Gasteiger partial charge in [-0.1, -0.05) is 25.1 Å². The third kappa shape index (κ3) is 4.57. The van der Waals surface area contributed by atoms with Gasteiger partial charge in [0.05, 0.1) is 0 Å². The summed E-state index contributed by atoms with van der Waals surface area (Å²) in [6.45, 7) is 5.35. The fraction of sp³-hybridized carbons (Fsp3) is 0.192. The van der Waals surface area contributed by atoms with Crippen molar-refractivity contribution >= 4 is 22.7 Å². The molecule has 7 nitrogen and oxygen atoms in total. The molecule has 0 fully saturated rings. The number of amides is 1. The van der Waals surface area contributed by atoms with Crippen molar-refractivity contribution in [3.8, 4) is 5.75 Å². The standard InChI is InChI=1S/C26H24N2O5/c1-4-18-13-25(30)33-24-14-20(10-11-21(18)24)32-15-23(29)22-12-16(2)28(17(22)3)27-26(31)19-8-6-5-7-9-19/h5-14H,4,15H2,1-3H3,(H,27,31). The number of fused-ring (bicyclic) bond motifs is 1. The molecule has 2 heterocycles. The summed E-state index contributed by atoms with van der Waals surface area (Å²) in [6, 6.07) is 17.3. The topological polar surface area (TPSA) is 90.5 Å². The number of aryl methyl sites for hydroxylation is 2. The van der Waals surface area contributed by atoms with Crippen LogP contribution in [0.3, 0.4) is 0 Å². The number of nitrogens with one attached hydrogen (secondary N) is 1. The molecule has 0 saturated heterocycles. The molecule has 4 rings (SSSR count). The highest BCUT2D eigenvalue weighted by molar-refractivity contribution is 6.01. The maximum atomic E-state index is 12.9. The highest BCUT2D eigenvalue weighted by Gasteiger charge is 2.18. The van der Waals surface area contributed by atoms with Crippen LogP contribution in [0.4, 0.5) is 0 Å². The lowest BCUT2D eigenvalue weighted by atomic mass is 10.1. The lowest BCUT2D eigenvalue weighted by Crippen LogP contribution is -2.25. The summed E-state index contributed by atoms with van der Waals surface area (Å²) in [7, 11) is 0. The molecule has 0 bridgehead atoms. The van der Waals surface area contributed by atoms with Crippen molar-refractivity contribution in [3.05, 3.63) is 99.2 Å². The molecule has 0 radical (unpaired) electrons. The Kier molecular flexibility index (Phi) is 6.13. The first-order chi connectivity index (χ1) is 15.9. The first-order valence-electron chi connectivity index (χ1n) is 10.7. The summed E-state index contributed by atoms with van der Waals surface area (Å²) in [5.74, 6) is -0.0673. The van der Waals surface area contributed by atoms with Gasteiger partial charge in [0.25, 0.3) is 5.91 Å². The molecule has 2 aromatic carbocycles. The predicted molar refractivity (Wildman–Crippen MR) is 126 cm³/mol. The molecule has 0 aliphatic carbocycles. The van der Waals surface area contributed by atoms with E-state index in [1.54, 1.807) is 54.1 Å². The molecule has 168 valence electrons. The molecule has 1 amide bonds. The van der Waals surface area contributed by atoms with E-state index in [4.69, 9.17) is 9.15 Å². The molecule has 0 unspecified atom stereocenters. The number of carbonyl (C=O) groups is 2. The van der Waals surface area contributed by atoms with E-state index in [1.165, 1.54) is 6.07 Å². The van der Waals surface area contributed by atoms with Gasteiger partial charge in [-0.3, -0.25) is 19.7 Å². The summed E-state index contributed by atoms with van der Waals surface area (Å²) in [4.78, 5) is 37.1. The minimum atomic E-state index is -0.419. The number of benzene rings is 2. The zero-order valence-electron chi connectivity index (χ0n) is 18.7. The Labute approximate surface area is 190 Å². The number of nitrogens with zero attached hydrogens (tertiary/aromatic N) is 1. The molecule has 4 aromatic rings. The van der Waals surface area contributed by atoms with E-state index in [0.717, 1.165) is 16.6 Å². The summed E-state index contributed by atoms with van der Waals surface area (Å²) in [5, 5.41) is 0.841. The molecule has 7 heteroatoms. The smallest absolute Gasteiger partial charge is 0.336 e. The van der Waals surface area contributed by atoms with Crippen LogP contribution in [0.25, 0.3) is 11.0 Å². The van der Waals surface area contributed by atoms with Crippen LogP contribution in [-0.4, -0.2) is 23.0 Å². The van der Waals surface area contributed by atoms with Gasteiger partial charge >= 0.3 is 5.63 Å². The van der Waals surface area contributed by atoms with Gasteiger partial charge in [-0.2, -0.15) is 0 Å². The number of hydrogen-bond acceptors (Lipinski definition) is 5. The van der Waals surface area contributed by atoms with Crippen LogP contribution >= 0.6 is 0 Å². The Bertz CT molecular complexity index is 1400. The van der Waals surface area contributed by atoms with Crippen molar-refractivity contribution < 1.29 is 18.7 Å². The van der Waals surface area contributed by atoms with E-state index in [1.807, 2.05) is 26.0 Å². The van der Waals surface area contributed by atoms with Gasteiger partial charge in [0, 0.05) is 40.0 Å². The van der Waals surface area contributed by atoms with Crippen LogP contribution in [-0.2, 0) is 6.42 Å². The second kappa shape index (κ2) is 9.16. The first kappa shape index (κ1) is 22.1. The largest absolute Gasteiger partial charge is 0.485 e. The van der Waals surface area contributed by atoms with Crippen LogP contribution in [0.1, 0.15) is 44.6 Å². The van der Waals surface area contributed by atoms with Gasteiger partial charge < -0.3 is 9.15 Å². The average molecular weight is 444 g/mol. The van der Waals surface area contributed by atoms with Gasteiger partial charge in [-0.25, -0.2) is 4.79 Å². The van der Waals surface area contributed by atoms with Gasteiger partial charge in [0.1, 0.15) is 11.3 Å². The van der Waals surface area contributed by atoms with E-state index in [0.29, 0.717) is 34.6 Å². The Balaban J connectivity index is 1.49. The van der Waals surface area contributed by atoms with Gasteiger partial charge in [0.2, 0.25) is 5.78 Å². The summed E-state index contributed by atoms with van der Waals surface area (Å²) in [5.41, 5.74) is 6.04. The molecule has 0 aliphatic rings. The second-order valence-corrected chi connectivity index (χ2v) is 7.74. The van der Waals surface area contributed by atoms with E-state index >= 15 is 0 Å². The lowest BCUT2D eigenvalue weighted by molar-refractivity contribution is 0.0919. The maximum Gasteiger partial charge on any atom is 0.336 e. The molecule has 0 spiro atoms. The summed E-state index contributed by atoms with van der Waals surface area (Å²) >= 11 is 0. The molecular formula is C26H24N2O5. The minimum absolute atomic E-state index is 0.194. The third-order valence-corrected chi connectivity index (χ3v) is 5.53. The van der Waals surface area contributed by atoms with E-state index in [-0.39, 0.29) is 18.3 Å². The fourth-order valence-corrected chi connectivity index (χ4v) is 3.79. The molecule has 1 N–H and O–H groups in total. The van der Waals surface area contributed by atoms with E-state index in [9.17, 15) is 14.4 Å². The van der Waals surface area contributed by atoms with E-state index in [2.05, 4.69) is 5.43 Å². The van der Waals surface area contributed by atoms with Crippen molar-refractivity contribution in [2.45, 2.75) is 27.2 Å². The summed E-state index contributed by atoms with van der Waals surface area (Å²) < 4.78 is 12.6. The van der Waals surface area contributed by atoms with Gasteiger partial charge in [-0.15, -0.1) is 0 Å². The molecule has 0 saturated carbocycles. The SMILES string of the molecule is CCc1cc(=O)oc2cc(OCC(=O)c3cc(C)n(NC(=O)c4ccccc4)c3C)ccc12. The second-order valence-electron chi connectivity index (χ2n) is 7.74. The monoisotopic (exact) mass is 444 g/mol. The number of Topliss-reactive ketones (excluding diaryl/α,β-unsaturated/α-hetero) is 1. The van der Waals surface area contributed by atoms with Crippen LogP contribution in [0, 0.1) is 13.8 Å². The maximum absolute atomic E-state index is 12.9. The molecule has 33 heavy (non-hydrogen) atoms. The van der Waals surface area contributed by atoms with E-state index < -0.39 is 5.63 Å². The summed E-state index contributed by atoms with van der Waals surface area (Å²) in [6.07, 6.45) is 0.706. The Morgan fingerprint density at radius 1 is 1.03 bits per heavy atom. The van der Waals surface area contributed by atoms with Crippen LogP contribution in [0.5, 0.6) is 5.75 Å². The number of aromatic nitrogens is 1. The molecule has 2 aromatic heterocycles. The predicted octanol–water partition coefficient (Wildman–Crippen LogP) is 4.42.